The van der Waals surface area contributed by atoms with E-state index in [4.69, 9.17) is 4.74 Å². The second-order valence-corrected chi connectivity index (χ2v) is 9.40. The van der Waals surface area contributed by atoms with Crippen molar-refractivity contribution in [1.82, 2.24) is 19.7 Å². The van der Waals surface area contributed by atoms with Gasteiger partial charge in [-0.1, -0.05) is 17.8 Å². The Hall–Kier alpha value is -2.39. The maximum absolute atomic E-state index is 12.2. The van der Waals surface area contributed by atoms with E-state index in [-0.39, 0.29) is 11.7 Å². The van der Waals surface area contributed by atoms with E-state index >= 15 is 0 Å². The summed E-state index contributed by atoms with van der Waals surface area (Å²) in [5, 5.41) is 14.7. The Labute approximate surface area is 190 Å². The fraction of sp³-hybridized carbons (Fsp3) is 0.455. The summed E-state index contributed by atoms with van der Waals surface area (Å²) in [4.78, 5) is 16.5. The van der Waals surface area contributed by atoms with Crippen molar-refractivity contribution in [2.45, 2.75) is 64.8 Å². The molecule has 31 heavy (non-hydrogen) atoms. The Balaban J connectivity index is 1.37. The molecule has 0 bridgehead atoms. The molecule has 0 saturated heterocycles. The average molecular weight is 458 g/mol. The van der Waals surface area contributed by atoms with Gasteiger partial charge in [0.25, 0.3) is 0 Å². The third kappa shape index (κ3) is 5.10. The van der Waals surface area contributed by atoms with Gasteiger partial charge in [-0.15, -0.1) is 21.5 Å². The van der Waals surface area contributed by atoms with Gasteiger partial charge in [-0.2, -0.15) is 0 Å². The second-order valence-electron chi connectivity index (χ2n) is 7.60. The maximum atomic E-state index is 12.2. The summed E-state index contributed by atoms with van der Waals surface area (Å²) in [6.45, 7) is 7.16. The van der Waals surface area contributed by atoms with Crippen LogP contribution in [0.1, 0.15) is 48.0 Å². The van der Waals surface area contributed by atoms with E-state index in [2.05, 4.69) is 39.6 Å². The molecule has 1 amide bonds. The molecule has 0 unspecified atom stereocenters. The van der Waals surface area contributed by atoms with E-state index in [9.17, 15) is 4.79 Å². The molecular weight excluding hydrogens is 430 g/mol. The van der Waals surface area contributed by atoms with Gasteiger partial charge in [-0.05, 0) is 69.2 Å². The van der Waals surface area contributed by atoms with E-state index in [1.54, 1.807) is 0 Å². The molecule has 3 aromatic rings. The van der Waals surface area contributed by atoms with Crippen molar-refractivity contribution >= 4 is 34.1 Å². The van der Waals surface area contributed by atoms with E-state index in [1.807, 2.05) is 23.8 Å². The maximum Gasteiger partial charge on any atom is 0.236 e. The van der Waals surface area contributed by atoms with Crippen molar-refractivity contribution in [3.8, 4) is 5.75 Å². The van der Waals surface area contributed by atoms with Crippen LogP contribution in [0, 0.1) is 13.8 Å². The lowest BCUT2D eigenvalue weighted by Crippen LogP contribution is -2.15. The zero-order valence-electron chi connectivity index (χ0n) is 18.1. The average Bonchev–Trinajstić information content (AvgIpc) is 3.37. The number of aryl methyl sites for hydroxylation is 2. The normalized spacial score (nSPS) is 13.1. The minimum Gasteiger partial charge on any atom is -0.485 e. The van der Waals surface area contributed by atoms with Crippen molar-refractivity contribution in [2.75, 3.05) is 11.1 Å². The molecule has 164 valence electrons. The first-order valence-corrected chi connectivity index (χ1v) is 12.4. The van der Waals surface area contributed by atoms with Crippen LogP contribution < -0.4 is 10.1 Å². The molecule has 1 N–H and O–H groups in total. The number of nitrogens with one attached hydrogen (secondary N) is 1. The molecule has 1 aliphatic rings. The van der Waals surface area contributed by atoms with Gasteiger partial charge in [0.15, 0.2) is 16.1 Å². The number of benzene rings is 1. The number of aromatic nitrogens is 4. The number of rotatable bonds is 8. The van der Waals surface area contributed by atoms with Crippen LogP contribution in [0.15, 0.2) is 22.7 Å². The molecule has 0 saturated carbocycles. The first kappa shape index (κ1) is 21.8. The van der Waals surface area contributed by atoms with Gasteiger partial charge < -0.3 is 14.6 Å². The molecule has 0 fully saturated rings. The Morgan fingerprint density at radius 3 is 2.87 bits per heavy atom. The minimum absolute atomic E-state index is 0.104. The summed E-state index contributed by atoms with van der Waals surface area (Å²) < 4.78 is 8.13. The van der Waals surface area contributed by atoms with Gasteiger partial charge >= 0.3 is 0 Å². The van der Waals surface area contributed by atoms with Crippen molar-refractivity contribution in [2.24, 2.45) is 0 Å². The molecule has 0 spiro atoms. The Morgan fingerprint density at radius 1 is 1.26 bits per heavy atom. The summed E-state index contributed by atoms with van der Waals surface area (Å²) in [6, 6.07) is 4.28. The van der Waals surface area contributed by atoms with Gasteiger partial charge in [0, 0.05) is 11.9 Å². The zero-order valence-corrected chi connectivity index (χ0v) is 19.7. The first-order chi connectivity index (χ1) is 15.0. The molecule has 1 aromatic carbocycles. The van der Waals surface area contributed by atoms with Crippen LogP contribution in [0.5, 0.6) is 5.75 Å². The Kier molecular flexibility index (Phi) is 6.92. The summed E-state index contributed by atoms with van der Waals surface area (Å²) in [5.74, 6) is 1.82. The van der Waals surface area contributed by atoms with Gasteiger partial charge in [0.05, 0.1) is 11.4 Å². The number of thiazole rings is 1. The third-order valence-corrected chi connectivity index (χ3v) is 7.28. The fourth-order valence-electron chi connectivity index (χ4n) is 3.84. The number of hydrogen-bond donors (Lipinski definition) is 1. The number of amides is 1. The lowest BCUT2D eigenvalue weighted by Gasteiger charge is -2.20. The number of anilines is 1. The lowest BCUT2D eigenvalue weighted by atomic mass is 9.88. The molecule has 7 nitrogen and oxygen atoms in total. The summed E-state index contributed by atoms with van der Waals surface area (Å²) in [5.41, 5.74) is 5.04. The molecular formula is C22H27N5O2S2. The lowest BCUT2D eigenvalue weighted by molar-refractivity contribution is -0.113. The van der Waals surface area contributed by atoms with E-state index in [0.717, 1.165) is 30.1 Å². The zero-order chi connectivity index (χ0) is 21.8. The van der Waals surface area contributed by atoms with Crippen LogP contribution >= 0.6 is 23.1 Å². The van der Waals surface area contributed by atoms with Gasteiger partial charge in [0.2, 0.25) is 5.91 Å². The molecule has 2 heterocycles. The number of hydrogen-bond acceptors (Lipinski definition) is 7. The highest BCUT2D eigenvalue weighted by molar-refractivity contribution is 7.99. The van der Waals surface area contributed by atoms with Crippen LogP contribution in [0.25, 0.3) is 0 Å². The second kappa shape index (κ2) is 9.82. The number of ether oxygens (including phenoxy) is 1. The Morgan fingerprint density at radius 2 is 2.10 bits per heavy atom. The van der Waals surface area contributed by atoms with Crippen molar-refractivity contribution in [3.05, 3.63) is 45.7 Å². The van der Waals surface area contributed by atoms with Gasteiger partial charge in [0.1, 0.15) is 12.4 Å². The highest BCUT2D eigenvalue weighted by Gasteiger charge is 2.17. The number of nitrogens with zero attached hydrogens (tertiary/aromatic N) is 4. The number of carbonyl (C=O) groups is 1. The monoisotopic (exact) mass is 457 g/mol. The van der Waals surface area contributed by atoms with E-state index in [0.29, 0.717) is 23.4 Å². The molecule has 2 aromatic heterocycles. The summed E-state index contributed by atoms with van der Waals surface area (Å²) in [7, 11) is 0. The largest absolute Gasteiger partial charge is 0.485 e. The van der Waals surface area contributed by atoms with Crippen LogP contribution in [0.3, 0.4) is 0 Å². The number of thioether (sulfide) groups is 1. The van der Waals surface area contributed by atoms with Crippen LogP contribution in [0.4, 0.5) is 5.13 Å². The number of fused-ring (bicyclic) bond motifs is 1. The highest BCUT2D eigenvalue weighted by atomic mass is 32.2. The molecule has 9 heteroatoms. The molecule has 0 aliphatic heterocycles. The van der Waals surface area contributed by atoms with Crippen molar-refractivity contribution < 1.29 is 9.53 Å². The summed E-state index contributed by atoms with van der Waals surface area (Å²) in [6.07, 6.45) is 4.82. The SMILES string of the molecule is CCn1c(COc2ccc3c(c2C)CCCC3)nnc1SCC(=O)Nc1nc(C)cs1. The minimum atomic E-state index is -0.104. The van der Waals surface area contributed by atoms with Crippen LogP contribution in [0.2, 0.25) is 0 Å². The molecule has 0 atom stereocenters. The standard InChI is InChI=1S/C22H27N5O2S2/c1-4-27-19(11-29-18-10-9-16-7-5-6-8-17(16)15(18)3)25-26-22(27)31-13-20(28)24-21-23-14(2)12-30-21/h9-10,12H,4-8,11,13H2,1-3H3,(H,23,24,28). The van der Waals surface area contributed by atoms with Crippen LogP contribution in [-0.2, 0) is 30.8 Å². The molecule has 4 rings (SSSR count). The van der Waals surface area contributed by atoms with Gasteiger partial charge in [-0.25, -0.2) is 4.98 Å². The fourth-order valence-corrected chi connectivity index (χ4v) is 5.36. The molecule has 1 aliphatic carbocycles. The summed E-state index contributed by atoms with van der Waals surface area (Å²) >= 11 is 2.79. The smallest absolute Gasteiger partial charge is 0.236 e. The van der Waals surface area contributed by atoms with Crippen molar-refractivity contribution in [3.63, 3.8) is 0 Å². The predicted molar refractivity (Wildman–Crippen MR) is 124 cm³/mol. The Bertz CT molecular complexity index is 1080. The quantitative estimate of drug-likeness (QED) is 0.500. The van der Waals surface area contributed by atoms with E-state index < -0.39 is 0 Å². The van der Waals surface area contributed by atoms with E-state index in [1.165, 1.54) is 52.6 Å². The number of carbonyl (C=O) groups excluding carboxylic acids is 1. The van der Waals surface area contributed by atoms with Crippen molar-refractivity contribution in [1.29, 1.82) is 0 Å². The highest BCUT2D eigenvalue weighted by Crippen LogP contribution is 2.31. The van der Waals surface area contributed by atoms with Crippen LogP contribution in [-0.4, -0.2) is 31.4 Å². The molecule has 0 radical (unpaired) electrons. The third-order valence-electron chi connectivity index (χ3n) is 5.43. The topological polar surface area (TPSA) is 81.9 Å². The van der Waals surface area contributed by atoms with Gasteiger partial charge in [-0.3, -0.25) is 4.79 Å². The first-order valence-electron chi connectivity index (χ1n) is 10.6. The predicted octanol–water partition coefficient (Wildman–Crippen LogP) is 4.56.